The molecule has 0 amide bonds. The Morgan fingerprint density at radius 1 is 1.16 bits per heavy atom. The number of halogens is 2. The fraction of sp³-hybridized carbons (Fsp3) is 0.0714. The van der Waals surface area contributed by atoms with Gasteiger partial charge in [-0.25, -0.2) is 0 Å². The Balaban J connectivity index is 2.11. The second-order valence-electron chi connectivity index (χ2n) is 3.89. The number of hydrogen-bond acceptors (Lipinski definition) is 1. The van der Waals surface area contributed by atoms with Crippen LogP contribution < -0.4 is 10.6 Å². The summed E-state index contributed by atoms with van der Waals surface area (Å²) in [7, 11) is 0. The van der Waals surface area contributed by atoms with Crippen molar-refractivity contribution >= 4 is 65.7 Å². The van der Waals surface area contributed by atoms with E-state index in [2.05, 4.69) is 60.7 Å². The normalized spacial score (nSPS) is 11.4. The first kappa shape index (κ1) is 14.5. The summed E-state index contributed by atoms with van der Waals surface area (Å²) in [6.07, 6.45) is 0. The van der Waals surface area contributed by atoms with Gasteiger partial charge in [-0.2, -0.15) is 0 Å². The molecule has 0 aromatic heterocycles. The highest BCUT2D eigenvalue weighted by Crippen LogP contribution is 2.22. The lowest BCUT2D eigenvalue weighted by atomic mass is 10.1. The van der Waals surface area contributed by atoms with E-state index in [-0.39, 0.29) is 0 Å². The van der Waals surface area contributed by atoms with E-state index in [0.29, 0.717) is 11.7 Å². The Labute approximate surface area is 134 Å². The lowest BCUT2D eigenvalue weighted by molar-refractivity contribution is 1.05. The smallest absolute Gasteiger partial charge is 0.171 e. The molecule has 2 aromatic rings. The first-order chi connectivity index (χ1) is 9.20. The van der Waals surface area contributed by atoms with Crippen LogP contribution in [0.2, 0.25) is 0 Å². The van der Waals surface area contributed by atoms with Crippen LogP contribution in [0.1, 0.15) is 0 Å². The van der Waals surface area contributed by atoms with Gasteiger partial charge in [-0.05, 0) is 28.7 Å². The fourth-order valence-corrected chi connectivity index (χ4v) is 2.19. The van der Waals surface area contributed by atoms with Crippen LogP contribution in [0.4, 0.5) is 5.69 Å². The van der Waals surface area contributed by atoms with Crippen molar-refractivity contribution in [3.05, 3.63) is 51.9 Å². The van der Waals surface area contributed by atoms with Gasteiger partial charge in [-0.1, -0.05) is 68.3 Å². The van der Waals surface area contributed by atoms with Gasteiger partial charge in [0, 0.05) is 22.1 Å². The maximum absolute atomic E-state index is 5.28. The molecule has 0 fully saturated rings. The zero-order chi connectivity index (χ0) is 13.7. The van der Waals surface area contributed by atoms with Crippen LogP contribution in [0, 0.1) is 0 Å². The summed E-state index contributed by atoms with van der Waals surface area (Å²) in [6, 6.07) is 14.3. The lowest BCUT2D eigenvalue weighted by Crippen LogP contribution is -2.29. The van der Waals surface area contributed by atoms with Crippen molar-refractivity contribution in [1.82, 2.24) is 5.32 Å². The predicted molar refractivity (Wildman–Crippen MR) is 94.1 cm³/mol. The quantitative estimate of drug-likeness (QED) is 0.727. The van der Waals surface area contributed by atoms with E-state index in [1.54, 1.807) is 4.99 Å². The number of rotatable bonds is 3. The molecule has 0 unspecified atom stereocenters. The third kappa shape index (κ3) is 4.03. The minimum atomic E-state index is 0.600. The summed E-state index contributed by atoms with van der Waals surface area (Å²) in [6.45, 7) is 0.641. The van der Waals surface area contributed by atoms with E-state index in [1.807, 2.05) is 24.3 Å². The van der Waals surface area contributed by atoms with E-state index in [1.165, 1.54) is 5.39 Å². The van der Waals surface area contributed by atoms with Gasteiger partial charge >= 0.3 is 0 Å². The zero-order valence-electron chi connectivity index (χ0n) is 9.99. The highest BCUT2D eigenvalue weighted by atomic mass is 79.9. The second-order valence-corrected chi connectivity index (χ2v) is 5.78. The number of thiocarbonyl (C=S) groups is 1. The van der Waals surface area contributed by atoms with Gasteiger partial charge in [-0.3, -0.25) is 0 Å². The number of benzene rings is 2. The van der Waals surface area contributed by atoms with Crippen molar-refractivity contribution in [1.29, 1.82) is 0 Å². The van der Waals surface area contributed by atoms with Crippen LogP contribution >= 0.6 is 44.1 Å². The summed E-state index contributed by atoms with van der Waals surface area (Å²) in [5.41, 5.74) is 1.01. The number of fused-ring (bicyclic) bond motifs is 1. The van der Waals surface area contributed by atoms with Crippen LogP contribution in [0.15, 0.2) is 51.9 Å². The summed E-state index contributed by atoms with van der Waals surface area (Å²) in [5.74, 6) is 0. The molecular weight excluding hydrogens is 388 g/mol. The molecule has 0 aliphatic heterocycles. The molecule has 2 nitrogen and oxygen atoms in total. The Hall–Kier alpha value is -0.910. The van der Waals surface area contributed by atoms with Gasteiger partial charge in [-0.15, -0.1) is 0 Å². The summed E-state index contributed by atoms with van der Waals surface area (Å²) in [4.78, 5) is 1.81. The average molecular weight is 400 g/mol. The number of anilines is 1. The number of hydrogen-bond donors (Lipinski definition) is 2. The van der Waals surface area contributed by atoms with Crippen LogP contribution in [-0.2, 0) is 0 Å². The average Bonchev–Trinajstić information content (AvgIpc) is 2.45. The highest BCUT2D eigenvalue weighted by molar-refractivity contribution is 9.14. The zero-order valence-corrected chi connectivity index (χ0v) is 14.0. The van der Waals surface area contributed by atoms with Gasteiger partial charge < -0.3 is 10.6 Å². The third-order valence-electron chi connectivity index (χ3n) is 2.57. The predicted octanol–water partition coefficient (Wildman–Crippen LogP) is 4.76. The molecule has 0 spiro atoms. The molecule has 0 aliphatic carbocycles. The molecule has 0 saturated heterocycles. The van der Waals surface area contributed by atoms with E-state index in [0.717, 1.165) is 15.6 Å². The molecule has 2 N–H and O–H groups in total. The monoisotopic (exact) mass is 398 g/mol. The SMILES string of the molecule is S=C(NC/C(Br)=C/Br)Nc1cccc2ccccc12. The van der Waals surface area contributed by atoms with E-state index in [9.17, 15) is 0 Å². The van der Waals surface area contributed by atoms with Crippen molar-refractivity contribution in [2.24, 2.45) is 0 Å². The number of nitrogens with one attached hydrogen (secondary N) is 2. The maximum Gasteiger partial charge on any atom is 0.171 e. The Morgan fingerprint density at radius 2 is 1.89 bits per heavy atom. The standard InChI is InChI=1S/C14H12Br2N2S/c15-8-11(16)9-17-14(19)18-13-7-3-5-10-4-1-2-6-12(10)13/h1-8H,9H2,(H2,17,18,19)/b11-8-. The molecular formula is C14H12Br2N2S. The minimum Gasteiger partial charge on any atom is -0.358 e. The molecule has 0 radical (unpaired) electrons. The molecule has 5 heteroatoms. The maximum atomic E-state index is 5.28. The van der Waals surface area contributed by atoms with Crippen LogP contribution in [0.3, 0.4) is 0 Å². The Bertz CT molecular complexity index is 620. The molecule has 98 valence electrons. The van der Waals surface area contributed by atoms with Gasteiger partial charge in [0.05, 0.1) is 0 Å². The van der Waals surface area contributed by atoms with Crippen molar-refractivity contribution in [2.45, 2.75) is 0 Å². The summed E-state index contributed by atoms with van der Waals surface area (Å²) in [5, 5.41) is 9.29. The van der Waals surface area contributed by atoms with E-state index < -0.39 is 0 Å². The largest absolute Gasteiger partial charge is 0.358 e. The van der Waals surface area contributed by atoms with Crippen LogP contribution in [0.5, 0.6) is 0 Å². The molecule has 0 bridgehead atoms. The Kier molecular flexibility index (Phi) is 5.36. The second kappa shape index (κ2) is 7.03. The third-order valence-corrected chi connectivity index (χ3v) is 4.50. The van der Waals surface area contributed by atoms with Crippen molar-refractivity contribution in [3.63, 3.8) is 0 Å². The topological polar surface area (TPSA) is 24.1 Å². The van der Waals surface area contributed by atoms with Crippen LogP contribution in [-0.4, -0.2) is 11.7 Å². The van der Waals surface area contributed by atoms with Gasteiger partial charge in [0.2, 0.25) is 0 Å². The van der Waals surface area contributed by atoms with Gasteiger partial charge in [0.15, 0.2) is 5.11 Å². The summed E-state index contributed by atoms with van der Waals surface area (Å²) < 4.78 is 0.995. The molecule has 0 atom stereocenters. The molecule has 19 heavy (non-hydrogen) atoms. The van der Waals surface area contributed by atoms with E-state index in [4.69, 9.17) is 12.2 Å². The highest BCUT2D eigenvalue weighted by Gasteiger charge is 2.02. The fourth-order valence-electron chi connectivity index (χ4n) is 1.70. The van der Waals surface area contributed by atoms with Crippen molar-refractivity contribution in [3.8, 4) is 0 Å². The molecule has 0 aliphatic rings. The van der Waals surface area contributed by atoms with Crippen LogP contribution in [0.25, 0.3) is 10.8 Å². The molecule has 0 saturated carbocycles. The Morgan fingerprint density at radius 3 is 2.68 bits per heavy atom. The van der Waals surface area contributed by atoms with Crippen molar-refractivity contribution in [2.75, 3.05) is 11.9 Å². The first-order valence-corrected chi connectivity index (χ1v) is 7.80. The van der Waals surface area contributed by atoms with Gasteiger partial charge in [0.1, 0.15) is 0 Å². The van der Waals surface area contributed by atoms with Gasteiger partial charge in [0.25, 0.3) is 0 Å². The molecule has 2 rings (SSSR count). The lowest BCUT2D eigenvalue weighted by Gasteiger charge is -2.12. The summed E-state index contributed by atoms with van der Waals surface area (Å²) >= 11 is 11.9. The first-order valence-electron chi connectivity index (χ1n) is 5.68. The molecule has 2 aromatic carbocycles. The molecule has 0 heterocycles. The van der Waals surface area contributed by atoms with Crippen molar-refractivity contribution < 1.29 is 0 Å². The minimum absolute atomic E-state index is 0.600. The van der Waals surface area contributed by atoms with E-state index >= 15 is 0 Å².